The summed E-state index contributed by atoms with van der Waals surface area (Å²) in [5.41, 5.74) is 0. The van der Waals surface area contributed by atoms with Gasteiger partial charge in [0.15, 0.2) is 5.76 Å². The highest BCUT2D eigenvalue weighted by molar-refractivity contribution is 5.86. The molecule has 1 aliphatic heterocycles. The summed E-state index contributed by atoms with van der Waals surface area (Å²) < 4.78 is 4.95. The molecule has 7 nitrogen and oxygen atoms in total. The number of carbonyl (C=O) groups excluding carboxylic acids is 1. The quantitative estimate of drug-likeness (QED) is 0.732. The van der Waals surface area contributed by atoms with E-state index in [2.05, 4.69) is 10.5 Å². The van der Waals surface area contributed by atoms with Gasteiger partial charge in [-0.1, -0.05) is 5.16 Å². The highest BCUT2D eigenvalue weighted by Crippen LogP contribution is 2.13. The topological polar surface area (TPSA) is 95.7 Å². The van der Waals surface area contributed by atoms with Crippen molar-refractivity contribution in [1.29, 1.82) is 0 Å². The number of carboxylic acid groups (broad SMARTS) is 1. The van der Waals surface area contributed by atoms with Crippen LogP contribution in [-0.2, 0) is 16.1 Å². The fraction of sp³-hybridized carbons (Fsp3) is 0.500. The van der Waals surface area contributed by atoms with E-state index in [1.165, 1.54) is 6.20 Å². The number of amides is 1. The van der Waals surface area contributed by atoms with Crippen LogP contribution in [0.1, 0.15) is 12.2 Å². The van der Waals surface area contributed by atoms with Crippen molar-refractivity contribution < 1.29 is 19.2 Å². The number of aromatic nitrogens is 1. The molecule has 0 aromatic carbocycles. The third kappa shape index (κ3) is 2.82. The largest absolute Gasteiger partial charge is 0.481 e. The summed E-state index contributed by atoms with van der Waals surface area (Å²) in [4.78, 5) is 24.1. The lowest BCUT2D eigenvalue weighted by Crippen LogP contribution is -2.55. The number of aliphatic carboxylic acids is 1. The van der Waals surface area contributed by atoms with E-state index in [1.54, 1.807) is 11.0 Å². The average molecular weight is 239 g/mol. The molecule has 1 aromatic heterocycles. The zero-order valence-corrected chi connectivity index (χ0v) is 9.13. The lowest BCUT2D eigenvalue weighted by molar-refractivity contribution is -0.143. The Morgan fingerprint density at radius 1 is 1.71 bits per heavy atom. The first-order valence-corrected chi connectivity index (χ1v) is 5.30. The van der Waals surface area contributed by atoms with Gasteiger partial charge in [-0.05, 0) is 0 Å². The van der Waals surface area contributed by atoms with Crippen molar-refractivity contribution in [2.75, 3.05) is 13.1 Å². The molecule has 1 atom stereocenters. The van der Waals surface area contributed by atoms with Gasteiger partial charge >= 0.3 is 5.97 Å². The molecule has 0 saturated carbocycles. The summed E-state index contributed by atoms with van der Waals surface area (Å²) in [6.07, 6.45) is 1.31. The van der Waals surface area contributed by atoms with Crippen molar-refractivity contribution in [3.05, 3.63) is 18.0 Å². The maximum atomic E-state index is 11.6. The Morgan fingerprint density at radius 3 is 3.18 bits per heavy atom. The van der Waals surface area contributed by atoms with Gasteiger partial charge in [0.1, 0.15) is 6.04 Å². The highest BCUT2D eigenvalue weighted by atomic mass is 16.5. The van der Waals surface area contributed by atoms with Crippen LogP contribution >= 0.6 is 0 Å². The molecule has 1 aromatic rings. The minimum absolute atomic E-state index is 0.208. The van der Waals surface area contributed by atoms with Gasteiger partial charge in [-0.2, -0.15) is 0 Å². The number of hydrogen-bond donors (Lipinski definition) is 2. The molecule has 2 heterocycles. The summed E-state index contributed by atoms with van der Waals surface area (Å²) >= 11 is 0. The van der Waals surface area contributed by atoms with E-state index in [4.69, 9.17) is 9.63 Å². The van der Waals surface area contributed by atoms with Gasteiger partial charge in [0, 0.05) is 19.2 Å². The smallest absolute Gasteiger partial charge is 0.305 e. The lowest BCUT2D eigenvalue weighted by Gasteiger charge is -2.33. The van der Waals surface area contributed by atoms with E-state index >= 15 is 0 Å². The number of hydrogen-bond acceptors (Lipinski definition) is 5. The Hall–Kier alpha value is -1.89. The number of nitrogens with zero attached hydrogens (tertiary/aromatic N) is 2. The van der Waals surface area contributed by atoms with E-state index in [-0.39, 0.29) is 12.3 Å². The molecule has 1 amide bonds. The number of piperazine rings is 1. The summed E-state index contributed by atoms with van der Waals surface area (Å²) in [6, 6.07) is 1.05. The van der Waals surface area contributed by atoms with Gasteiger partial charge in [-0.25, -0.2) is 0 Å². The Balaban J connectivity index is 2.06. The second kappa shape index (κ2) is 4.96. The molecule has 0 bridgehead atoms. The predicted octanol–water partition coefficient (Wildman–Crippen LogP) is -0.550. The molecule has 1 unspecified atom stereocenters. The Morgan fingerprint density at radius 2 is 2.53 bits per heavy atom. The summed E-state index contributed by atoms with van der Waals surface area (Å²) in [6.45, 7) is 1.51. The van der Waals surface area contributed by atoms with Crippen molar-refractivity contribution >= 4 is 11.9 Å². The molecule has 92 valence electrons. The standard InChI is InChI=1S/C10H13N3O4/c14-9(15)5-8-10(16)11-3-4-13(8)6-7-1-2-12-17-7/h1-2,8H,3-6H2,(H,11,16)(H,14,15). The number of nitrogens with one attached hydrogen (secondary N) is 1. The summed E-state index contributed by atoms with van der Waals surface area (Å²) in [7, 11) is 0. The van der Waals surface area contributed by atoms with E-state index in [9.17, 15) is 9.59 Å². The van der Waals surface area contributed by atoms with Crippen molar-refractivity contribution in [2.24, 2.45) is 0 Å². The molecule has 2 rings (SSSR count). The molecule has 0 aliphatic carbocycles. The maximum Gasteiger partial charge on any atom is 0.305 e. The summed E-state index contributed by atoms with van der Waals surface area (Å²) in [5.74, 6) is -0.622. The average Bonchev–Trinajstić information content (AvgIpc) is 2.75. The highest BCUT2D eigenvalue weighted by Gasteiger charge is 2.31. The molecule has 2 N–H and O–H groups in total. The maximum absolute atomic E-state index is 11.6. The first-order chi connectivity index (χ1) is 8.16. The molecule has 1 saturated heterocycles. The normalized spacial score (nSPS) is 21.2. The second-order valence-corrected chi connectivity index (χ2v) is 3.85. The molecule has 1 fully saturated rings. The Labute approximate surface area is 97.4 Å². The third-order valence-electron chi connectivity index (χ3n) is 2.66. The van der Waals surface area contributed by atoms with Gasteiger partial charge in [0.2, 0.25) is 5.91 Å². The monoisotopic (exact) mass is 239 g/mol. The van der Waals surface area contributed by atoms with Crippen molar-refractivity contribution in [3.8, 4) is 0 Å². The van der Waals surface area contributed by atoms with Crippen LogP contribution in [0.4, 0.5) is 0 Å². The predicted molar refractivity (Wildman–Crippen MR) is 56.0 cm³/mol. The number of carboxylic acids is 1. The molecule has 1 aliphatic rings. The Bertz CT molecular complexity index is 404. The van der Waals surface area contributed by atoms with Crippen LogP contribution in [0.25, 0.3) is 0 Å². The Kier molecular flexibility index (Phi) is 3.38. The fourth-order valence-electron chi connectivity index (χ4n) is 1.86. The number of carbonyl (C=O) groups is 2. The van der Waals surface area contributed by atoms with Crippen LogP contribution in [0.2, 0.25) is 0 Å². The van der Waals surface area contributed by atoms with E-state index in [1.807, 2.05) is 0 Å². The molecular formula is C10H13N3O4. The summed E-state index contributed by atoms with van der Waals surface area (Å²) in [5, 5.41) is 15.0. The first kappa shape index (κ1) is 11.6. The first-order valence-electron chi connectivity index (χ1n) is 5.30. The minimum Gasteiger partial charge on any atom is -0.481 e. The van der Waals surface area contributed by atoms with Crippen LogP contribution in [0.5, 0.6) is 0 Å². The SMILES string of the molecule is O=C(O)CC1C(=O)NCCN1Cc1ccno1. The molecule has 0 spiro atoms. The zero-order chi connectivity index (χ0) is 12.3. The molecular weight excluding hydrogens is 226 g/mol. The van der Waals surface area contributed by atoms with Gasteiger partial charge in [-0.15, -0.1) is 0 Å². The van der Waals surface area contributed by atoms with Gasteiger partial charge in [0.05, 0.1) is 19.2 Å². The van der Waals surface area contributed by atoms with E-state index in [0.29, 0.717) is 25.4 Å². The van der Waals surface area contributed by atoms with Crippen LogP contribution in [0.15, 0.2) is 16.8 Å². The van der Waals surface area contributed by atoms with Gasteiger partial charge in [0.25, 0.3) is 0 Å². The fourth-order valence-corrected chi connectivity index (χ4v) is 1.86. The van der Waals surface area contributed by atoms with Crippen molar-refractivity contribution in [1.82, 2.24) is 15.4 Å². The molecule has 0 radical (unpaired) electrons. The van der Waals surface area contributed by atoms with Crippen LogP contribution in [0, 0.1) is 0 Å². The van der Waals surface area contributed by atoms with Gasteiger partial charge in [-0.3, -0.25) is 14.5 Å². The van der Waals surface area contributed by atoms with Crippen molar-refractivity contribution in [2.45, 2.75) is 19.0 Å². The zero-order valence-electron chi connectivity index (χ0n) is 9.13. The van der Waals surface area contributed by atoms with Crippen LogP contribution in [0.3, 0.4) is 0 Å². The van der Waals surface area contributed by atoms with E-state index in [0.717, 1.165) is 0 Å². The van der Waals surface area contributed by atoms with E-state index < -0.39 is 12.0 Å². The third-order valence-corrected chi connectivity index (χ3v) is 2.66. The van der Waals surface area contributed by atoms with Gasteiger partial charge < -0.3 is 14.9 Å². The number of rotatable bonds is 4. The molecule has 17 heavy (non-hydrogen) atoms. The van der Waals surface area contributed by atoms with Crippen molar-refractivity contribution in [3.63, 3.8) is 0 Å². The van der Waals surface area contributed by atoms with Crippen LogP contribution < -0.4 is 5.32 Å². The second-order valence-electron chi connectivity index (χ2n) is 3.85. The lowest BCUT2D eigenvalue weighted by atomic mass is 10.1. The minimum atomic E-state index is -0.991. The molecule has 7 heteroatoms. The van der Waals surface area contributed by atoms with Crippen LogP contribution in [-0.4, -0.2) is 46.2 Å².